The normalized spacial score (nSPS) is 10.4. The van der Waals surface area contributed by atoms with Gasteiger partial charge in [0.15, 0.2) is 0 Å². The molecule has 0 aromatic heterocycles. The molecule has 0 fully saturated rings. The number of aryl methyl sites for hydroxylation is 1. The van der Waals surface area contributed by atoms with Gasteiger partial charge in [-0.05, 0) is 60.6 Å². The highest BCUT2D eigenvalue weighted by Gasteiger charge is 2.08. The van der Waals surface area contributed by atoms with E-state index in [1.54, 1.807) is 13.0 Å². The fourth-order valence-corrected chi connectivity index (χ4v) is 1.76. The molecule has 0 aliphatic heterocycles. The van der Waals surface area contributed by atoms with Gasteiger partial charge in [0.2, 0.25) is 5.91 Å². The van der Waals surface area contributed by atoms with Gasteiger partial charge in [-0.2, -0.15) is 0 Å². The Hall–Kier alpha value is -0.940. The van der Waals surface area contributed by atoms with Crippen LogP contribution in [-0.4, -0.2) is 19.5 Å². The zero-order valence-corrected chi connectivity index (χ0v) is 11.5. The fraction of sp³-hybridized carbons (Fsp3) is 0.417. The van der Waals surface area contributed by atoms with E-state index in [4.69, 9.17) is 0 Å². The number of amides is 1. The summed E-state index contributed by atoms with van der Waals surface area (Å²) in [6.45, 7) is 2.57. The van der Waals surface area contributed by atoms with Crippen LogP contribution < -0.4 is 10.6 Å². The quantitative estimate of drug-likeness (QED) is 0.821. The van der Waals surface area contributed by atoms with Gasteiger partial charge < -0.3 is 10.6 Å². The van der Waals surface area contributed by atoms with E-state index in [-0.39, 0.29) is 11.7 Å². The van der Waals surface area contributed by atoms with E-state index in [9.17, 15) is 9.18 Å². The maximum atomic E-state index is 13.2. The van der Waals surface area contributed by atoms with Crippen LogP contribution >= 0.6 is 15.9 Å². The molecule has 17 heavy (non-hydrogen) atoms. The van der Waals surface area contributed by atoms with Gasteiger partial charge in [0.25, 0.3) is 0 Å². The van der Waals surface area contributed by atoms with Crippen molar-refractivity contribution in [2.24, 2.45) is 0 Å². The number of carbonyl (C=O) groups excluding carboxylic acids is 1. The molecule has 0 spiro atoms. The summed E-state index contributed by atoms with van der Waals surface area (Å²) in [4.78, 5) is 11.6. The second kappa shape index (κ2) is 6.71. The number of nitrogens with one attached hydrogen (secondary N) is 2. The van der Waals surface area contributed by atoms with Gasteiger partial charge in [0, 0.05) is 12.1 Å². The molecule has 0 aliphatic carbocycles. The molecule has 1 amide bonds. The Labute approximate surface area is 109 Å². The third-order valence-electron chi connectivity index (χ3n) is 2.37. The molecule has 0 aliphatic rings. The summed E-state index contributed by atoms with van der Waals surface area (Å²) in [5.74, 6) is -0.377. The van der Waals surface area contributed by atoms with Gasteiger partial charge in [0.05, 0.1) is 4.47 Å². The standard InChI is InChI=1S/C12H16BrFN2O/c1-8-6-10(14)9(13)7-11(8)16-12(17)4-3-5-15-2/h6-7,15H,3-5H2,1-2H3,(H,16,17). The van der Waals surface area contributed by atoms with Crippen molar-refractivity contribution >= 4 is 27.5 Å². The zero-order valence-electron chi connectivity index (χ0n) is 9.94. The first kappa shape index (κ1) is 14.1. The minimum Gasteiger partial charge on any atom is -0.326 e. The number of hydrogen-bond donors (Lipinski definition) is 2. The third kappa shape index (κ3) is 4.44. The van der Waals surface area contributed by atoms with E-state index < -0.39 is 0 Å². The summed E-state index contributed by atoms with van der Waals surface area (Å²) in [5.41, 5.74) is 1.36. The van der Waals surface area contributed by atoms with Crippen molar-refractivity contribution in [1.82, 2.24) is 5.32 Å². The number of anilines is 1. The lowest BCUT2D eigenvalue weighted by Gasteiger charge is -2.09. The lowest BCUT2D eigenvalue weighted by atomic mass is 10.2. The predicted molar refractivity (Wildman–Crippen MR) is 70.6 cm³/mol. The van der Waals surface area contributed by atoms with Crippen molar-refractivity contribution in [3.8, 4) is 0 Å². The molecule has 0 heterocycles. The SMILES string of the molecule is CNCCCC(=O)Nc1cc(Br)c(F)cc1C. The summed E-state index contributed by atoms with van der Waals surface area (Å²) in [6.07, 6.45) is 1.24. The van der Waals surface area contributed by atoms with Crippen LogP contribution in [0.1, 0.15) is 18.4 Å². The lowest BCUT2D eigenvalue weighted by Crippen LogP contribution is -2.15. The number of carbonyl (C=O) groups is 1. The van der Waals surface area contributed by atoms with Crippen LogP contribution in [-0.2, 0) is 4.79 Å². The zero-order chi connectivity index (χ0) is 12.8. The van der Waals surface area contributed by atoms with Crippen molar-refractivity contribution in [2.75, 3.05) is 18.9 Å². The summed E-state index contributed by atoms with van der Waals surface area (Å²) in [5, 5.41) is 5.75. The molecule has 1 rings (SSSR count). The van der Waals surface area contributed by atoms with Gasteiger partial charge in [-0.15, -0.1) is 0 Å². The van der Waals surface area contributed by atoms with Gasteiger partial charge >= 0.3 is 0 Å². The number of rotatable bonds is 5. The van der Waals surface area contributed by atoms with Crippen LogP contribution in [0.5, 0.6) is 0 Å². The Balaban J connectivity index is 2.62. The Bertz CT molecular complexity index is 410. The summed E-state index contributed by atoms with van der Waals surface area (Å²) >= 11 is 3.10. The van der Waals surface area contributed by atoms with Gasteiger partial charge in [-0.25, -0.2) is 4.39 Å². The van der Waals surface area contributed by atoms with Crippen molar-refractivity contribution in [3.63, 3.8) is 0 Å². The highest BCUT2D eigenvalue weighted by molar-refractivity contribution is 9.10. The van der Waals surface area contributed by atoms with Crippen LogP contribution in [0.25, 0.3) is 0 Å². The van der Waals surface area contributed by atoms with Crippen LogP contribution in [0.15, 0.2) is 16.6 Å². The first-order valence-corrected chi connectivity index (χ1v) is 6.24. The number of benzene rings is 1. The van der Waals surface area contributed by atoms with Gasteiger partial charge in [0.1, 0.15) is 5.82 Å². The summed E-state index contributed by atoms with van der Waals surface area (Å²) < 4.78 is 13.5. The van der Waals surface area contributed by atoms with Crippen LogP contribution in [0.2, 0.25) is 0 Å². The average Bonchev–Trinajstić information content (AvgIpc) is 2.26. The minimum atomic E-state index is -0.323. The molecular formula is C12H16BrFN2O. The Morgan fingerprint density at radius 2 is 2.18 bits per heavy atom. The number of hydrogen-bond acceptors (Lipinski definition) is 2. The van der Waals surface area contributed by atoms with E-state index >= 15 is 0 Å². The molecule has 1 aromatic carbocycles. The van der Waals surface area contributed by atoms with Crippen molar-refractivity contribution in [3.05, 3.63) is 28.0 Å². The molecular weight excluding hydrogens is 287 g/mol. The number of halogens is 2. The molecule has 2 N–H and O–H groups in total. The molecule has 0 unspecified atom stereocenters. The fourth-order valence-electron chi connectivity index (χ4n) is 1.42. The Morgan fingerprint density at radius 1 is 1.47 bits per heavy atom. The average molecular weight is 303 g/mol. The molecule has 5 heteroatoms. The highest BCUT2D eigenvalue weighted by atomic mass is 79.9. The molecule has 0 radical (unpaired) electrons. The molecule has 3 nitrogen and oxygen atoms in total. The van der Waals surface area contributed by atoms with E-state index in [1.165, 1.54) is 6.07 Å². The predicted octanol–water partition coefficient (Wildman–Crippen LogP) is 2.83. The summed E-state index contributed by atoms with van der Waals surface area (Å²) in [6, 6.07) is 2.98. The third-order valence-corrected chi connectivity index (χ3v) is 2.98. The lowest BCUT2D eigenvalue weighted by molar-refractivity contribution is -0.116. The molecule has 94 valence electrons. The molecule has 1 aromatic rings. The van der Waals surface area contributed by atoms with Crippen LogP contribution in [0.3, 0.4) is 0 Å². The molecule has 0 saturated heterocycles. The monoisotopic (exact) mass is 302 g/mol. The van der Waals surface area contributed by atoms with E-state index in [1.807, 2.05) is 7.05 Å². The van der Waals surface area contributed by atoms with Crippen molar-refractivity contribution < 1.29 is 9.18 Å². The maximum absolute atomic E-state index is 13.2. The second-order valence-corrected chi connectivity index (χ2v) is 4.69. The first-order chi connectivity index (χ1) is 8.04. The van der Waals surface area contributed by atoms with Gasteiger partial charge in [-0.3, -0.25) is 4.79 Å². The van der Waals surface area contributed by atoms with Crippen molar-refractivity contribution in [2.45, 2.75) is 19.8 Å². The topological polar surface area (TPSA) is 41.1 Å². The van der Waals surface area contributed by atoms with Crippen LogP contribution in [0, 0.1) is 12.7 Å². The molecule has 0 bridgehead atoms. The Morgan fingerprint density at radius 3 is 2.82 bits per heavy atom. The van der Waals surface area contributed by atoms with Crippen molar-refractivity contribution in [1.29, 1.82) is 0 Å². The smallest absolute Gasteiger partial charge is 0.224 e. The minimum absolute atomic E-state index is 0.0538. The first-order valence-electron chi connectivity index (χ1n) is 5.44. The van der Waals surface area contributed by atoms with E-state index in [2.05, 4.69) is 26.6 Å². The van der Waals surface area contributed by atoms with Crippen LogP contribution in [0.4, 0.5) is 10.1 Å². The van der Waals surface area contributed by atoms with Gasteiger partial charge in [-0.1, -0.05) is 0 Å². The maximum Gasteiger partial charge on any atom is 0.224 e. The highest BCUT2D eigenvalue weighted by Crippen LogP contribution is 2.24. The molecule has 0 saturated carbocycles. The van der Waals surface area contributed by atoms with E-state index in [0.29, 0.717) is 22.1 Å². The summed E-state index contributed by atoms with van der Waals surface area (Å²) in [7, 11) is 1.85. The van der Waals surface area contributed by atoms with E-state index in [0.717, 1.165) is 13.0 Å². The largest absolute Gasteiger partial charge is 0.326 e. The second-order valence-electron chi connectivity index (χ2n) is 3.84. The Kier molecular flexibility index (Phi) is 5.58. The molecule has 0 atom stereocenters.